The number of carbonyl (C=O) groups is 1. The van der Waals surface area contributed by atoms with Crippen LogP contribution >= 0.6 is 11.8 Å². The van der Waals surface area contributed by atoms with E-state index in [9.17, 15) is 4.79 Å². The summed E-state index contributed by atoms with van der Waals surface area (Å²) in [7, 11) is 0. The molecule has 0 atom stereocenters. The lowest BCUT2D eigenvalue weighted by Crippen LogP contribution is -2.27. The van der Waals surface area contributed by atoms with Gasteiger partial charge in [-0.2, -0.15) is 15.0 Å². The minimum atomic E-state index is -0.160. The van der Waals surface area contributed by atoms with Crippen molar-refractivity contribution in [1.82, 2.24) is 15.0 Å². The third-order valence-electron chi connectivity index (χ3n) is 2.86. The van der Waals surface area contributed by atoms with Crippen LogP contribution in [0.25, 0.3) is 0 Å². The minimum Gasteiger partial charge on any atom is -0.354 e. The molecule has 2 aromatic rings. The Balaban J connectivity index is 2.12. The largest absolute Gasteiger partial charge is 0.354 e. The molecule has 2 N–H and O–H groups in total. The van der Waals surface area contributed by atoms with Crippen LogP contribution in [0.2, 0.25) is 0 Å². The first-order valence-electron chi connectivity index (χ1n) is 7.86. The van der Waals surface area contributed by atoms with E-state index in [1.54, 1.807) is 0 Å². The number of nitrogens with one attached hydrogen (secondary N) is 2. The van der Waals surface area contributed by atoms with Crippen LogP contribution in [-0.2, 0) is 0 Å². The van der Waals surface area contributed by atoms with E-state index >= 15 is 0 Å². The Morgan fingerprint density at radius 2 is 1.75 bits per heavy atom. The zero-order valence-electron chi connectivity index (χ0n) is 14.5. The van der Waals surface area contributed by atoms with Gasteiger partial charge in [0.05, 0.1) is 5.75 Å². The lowest BCUT2D eigenvalue weighted by Gasteiger charge is -2.20. The second-order valence-corrected chi connectivity index (χ2v) is 7.19. The molecule has 0 aliphatic heterocycles. The van der Waals surface area contributed by atoms with Gasteiger partial charge < -0.3 is 10.6 Å². The highest BCUT2D eigenvalue weighted by atomic mass is 32.2. The summed E-state index contributed by atoms with van der Waals surface area (Å²) in [5.41, 5.74) is 0.533. The Labute approximate surface area is 146 Å². The van der Waals surface area contributed by atoms with Crippen LogP contribution in [0, 0.1) is 0 Å². The summed E-state index contributed by atoms with van der Waals surface area (Å²) in [6, 6.07) is 9.23. The first kappa shape index (κ1) is 18.2. The van der Waals surface area contributed by atoms with Crippen molar-refractivity contribution in [2.24, 2.45) is 0 Å². The van der Waals surface area contributed by atoms with E-state index in [4.69, 9.17) is 0 Å². The molecule has 0 aliphatic rings. The summed E-state index contributed by atoms with van der Waals surface area (Å²) in [5.74, 6) is 1.35. The fourth-order valence-electron chi connectivity index (χ4n) is 1.89. The maximum atomic E-state index is 12.2. The summed E-state index contributed by atoms with van der Waals surface area (Å²) >= 11 is 1.31. The van der Waals surface area contributed by atoms with Gasteiger partial charge in [-0.3, -0.25) is 4.79 Å². The van der Waals surface area contributed by atoms with Gasteiger partial charge in [-0.1, -0.05) is 42.1 Å². The molecule has 0 amide bonds. The van der Waals surface area contributed by atoms with Crippen molar-refractivity contribution in [1.29, 1.82) is 0 Å². The molecule has 0 fully saturated rings. The van der Waals surface area contributed by atoms with Crippen molar-refractivity contribution in [3.05, 3.63) is 35.9 Å². The maximum Gasteiger partial charge on any atom is 0.228 e. The lowest BCUT2D eigenvalue weighted by molar-refractivity contribution is 0.102. The monoisotopic (exact) mass is 345 g/mol. The number of nitrogens with zero attached hydrogens (tertiary/aromatic N) is 3. The van der Waals surface area contributed by atoms with Gasteiger partial charge in [0.15, 0.2) is 10.9 Å². The van der Waals surface area contributed by atoms with Gasteiger partial charge in [0.1, 0.15) is 0 Å². The number of hydrogen-bond acceptors (Lipinski definition) is 7. The van der Waals surface area contributed by atoms with Crippen LogP contribution in [0.3, 0.4) is 0 Å². The number of benzene rings is 1. The van der Waals surface area contributed by atoms with Gasteiger partial charge in [0.2, 0.25) is 11.9 Å². The third kappa shape index (κ3) is 5.81. The van der Waals surface area contributed by atoms with Gasteiger partial charge in [-0.05, 0) is 27.7 Å². The van der Waals surface area contributed by atoms with Crippen molar-refractivity contribution in [3.63, 3.8) is 0 Å². The molecule has 0 unspecified atom stereocenters. The SMILES string of the molecule is CCNc1nc(NC(C)(C)C)nc(SCC(=O)c2ccccc2)n1. The Kier molecular flexibility index (Phi) is 6.14. The van der Waals surface area contributed by atoms with Gasteiger partial charge in [0.25, 0.3) is 0 Å². The number of rotatable bonds is 7. The fourth-order valence-corrected chi connectivity index (χ4v) is 2.62. The average Bonchev–Trinajstić information content (AvgIpc) is 2.52. The molecule has 0 aliphatic carbocycles. The second kappa shape index (κ2) is 8.10. The third-order valence-corrected chi connectivity index (χ3v) is 3.71. The van der Waals surface area contributed by atoms with E-state index in [-0.39, 0.29) is 17.1 Å². The van der Waals surface area contributed by atoms with Crippen LogP contribution in [0.1, 0.15) is 38.1 Å². The van der Waals surface area contributed by atoms with Crippen LogP contribution in [0.4, 0.5) is 11.9 Å². The lowest BCUT2D eigenvalue weighted by atomic mass is 10.1. The smallest absolute Gasteiger partial charge is 0.228 e. The average molecular weight is 345 g/mol. The molecule has 2 rings (SSSR count). The number of carbonyl (C=O) groups excluding carboxylic acids is 1. The fraction of sp³-hybridized carbons (Fsp3) is 0.412. The van der Waals surface area contributed by atoms with E-state index in [1.165, 1.54) is 11.8 Å². The molecule has 0 saturated heterocycles. The number of aromatic nitrogens is 3. The molecule has 128 valence electrons. The predicted molar refractivity (Wildman–Crippen MR) is 98.9 cm³/mol. The normalized spacial score (nSPS) is 11.2. The molecule has 0 saturated carbocycles. The predicted octanol–water partition coefficient (Wildman–Crippen LogP) is 3.49. The topological polar surface area (TPSA) is 79.8 Å². The van der Waals surface area contributed by atoms with Gasteiger partial charge >= 0.3 is 0 Å². The molecular formula is C17H23N5OS. The van der Waals surface area contributed by atoms with E-state index < -0.39 is 0 Å². The molecule has 24 heavy (non-hydrogen) atoms. The Morgan fingerprint density at radius 3 is 2.38 bits per heavy atom. The van der Waals surface area contributed by atoms with Crippen molar-refractivity contribution >= 4 is 29.4 Å². The van der Waals surface area contributed by atoms with Crippen molar-refractivity contribution in [2.75, 3.05) is 22.9 Å². The molecule has 0 bridgehead atoms. The summed E-state index contributed by atoms with van der Waals surface area (Å²) in [4.78, 5) is 25.3. The highest BCUT2D eigenvalue weighted by molar-refractivity contribution is 7.99. The zero-order chi connectivity index (χ0) is 17.6. The quantitative estimate of drug-likeness (QED) is 0.587. The van der Waals surface area contributed by atoms with Crippen molar-refractivity contribution < 1.29 is 4.79 Å². The number of anilines is 2. The first-order chi connectivity index (χ1) is 11.4. The molecule has 0 spiro atoms. The summed E-state index contributed by atoms with van der Waals surface area (Å²) in [6.07, 6.45) is 0. The van der Waals surface area contributed by atoms with Crippen LogP contribution in [-0.4, -0.2) is 38.6 Å². The maximum absolute atomic E-state index is 12.2. The van der Waals surface area contributed by atoms with Gasteiger partial charge in [-0.25, -0.2) is 0 Å². The highest BCUT2D eigenvalue weighted by Crippen LogP contribution is 2.19. The number of hydrogen-bond donors (Lipinski definition) is 2. The standard InChI is InChI=1S/C17H23N5OS/c1-5-18-14-19-15(22-17(2,3)4)21-16(20-14)24-11-13(23)12-9-7-6-8-10-12/h6-10H,5,11H2,1-4H3,(H2,18,19,20,21,22). The highest BCUT2D eigenvalue weighted by Gasteiger charge is 2.15. The first-order valence-corrected chi connectivity index (χ1v) is 8.85. The molecule has 0 radical (unpaired) electrons. The van der Waals surface area contributed by atoms with E-state index in [0.717, 1.165) is 0 Å². The number of Topliss-reactive ketones (excluding diaryl/α,β-unsaturated/α-hetero) is 1. The van der Waals surface area contributed by atoms with Crippen molar-refractivity contribution in [3.8, 4) is 0 Å². The molecule has 1 heterocycles. The van der Waals surface area contributed by atoms with Gasteiger partial charge in [-0.15, -0.1) is 0 Å². The molecule has 1 aromatic carbocycles. The second-order valence-electron chi connectivity index (χ2n) is 6.25. The van der Waals surface area contributed by atoms with Crippen LogP contribution in [0.5, 0.6) is 0 Å². The van der Waals surface area contributed by atoms with Crippen LogP contribution in [0.15, 0.2) is 35.5 Å². The Hall–Kier alpha value is -2.15. The molecular weight excluding hydrogens is 322 g/mol. The number of ketones is 1. The number of thioether (sulfide) groups is 1. The minimum absolute atomic E-state index is 0.0522. The molecule has 6 nitrogen and oxygen atoms in total. The van der Waals surface area contributed by atoms with E-state index in [0.29, 0.717) is 29.2 Å². The Morgan fingerprint density at radius 1 is 1.08 bits per heavy atom. The Bertz CT molecular complexity index is 685. The van der Waals surface area contributed by atoms with Gasteiger partial charge in [0, 0.05) is 17.6 Å². The molecule has 7 heteroatoms. The van der Waals surface area contributed by atoms with Crippen LogP contribution < -0.4 is 10.6 Å². The summed E-state index contributed by atoms with van der Waals surface area (Å²) < 4.78 is 0. The van der Waals surface area contributed by atoms with E-state index in [2.05, 4.69) is 25.6 Å². The summed E-state index contributed by atoms with van der Waals surface area (Å²) in [6.45, 7) is 8.80. The zero-order valence-corrected chi connectivity index (χ0v) is 15.3. The van der Waals surface area contributed by atoms with Crippen molar-refractivity contribution in [2.45, 2.75) is 38.4 Å². The van der Waals surface area contributed by atoms with E-state index in [1.807, 2.05) is 58.0 Å². The molecule has 1 aromatic heterocycles. The summed E-state index contributed by atoms with van der Waals surface area (Å²) in [5, 5.41) is 6.86.